The van der Waals surface area contributed by atoms with Crippen molar-refractivity contribution in [3.05, 3.63) is 72.4 Å². The van der Waals surface area contributed by atoms with Crippen LogP contribution in [-0.4, -0.2) is 27.3 Å². The summed E-state index contributed by atoms with van der Waals surface area (Å²) in [6.07, 6.45) is 10.8. The van der Waals surface area contributed by atoms with Crippen molar-refractivity contribution in [3.8, 4) is 23.1 Å². The van der Waals surface area contributed by atoms with Gasteiger partial charge in [-0.25, -0.2) is 27.3 Å². The molecule has 166 valence electrons. The molecule has 5 rings (SSSR count). The first-order chi connectivity index (χ1) is 16.0. The topological polar surface area (TPSA) is 77.7 Å². The fraction of sp³-hybridized carbons (Fsp3) is 0.269. The van der Waals surface area contributed by atoms with Gasteiger partial charge in [0.2, 0.25) is 5.82 Å². The smallest absolute Gasteiger partial charge is 0.237 e. The summed E-state index contributed by atoms with van der Waals surface area (Å²) in [5, 5.41) is 0.707. The molecule has 0 amide bonds. The van der Waals surface area contributed by atoms with Crippen LogP contribution in [0.25, 0.3) is 22.3 Å². The summed E-state index contributed by atoms with van der Waals surface area (Å²) < 4.78 is 28.1. The quantitative estimate of drug-likeness (QED) is 0.407. The molecule has 1 aromatic carbocycles. The van der Waals surface area contributed by atoms with Crippen LogP contribution in [0, 0.1) is 24.7 Å². The molecule has 0 aliphatic heterocycles. The number of aryl methyl sites for hydroxylation is 1. The molecule has 1 aliphatic rings. The van der Waals surface area contributed by atoms with Crippen molar-refractivity contribution in [1.29, 1.82) is 0 Å². The van der Waals surface area contributed by atoms with Gasteiger partial charge >= 0.3 is 0 Å². The van der Waals surface area contributed by atoms with Gasteiger partial charge in [-0.05, 0) is 56.0 Å². The van der Waals surface area contributed by atoms with Crippen LogP contribution in [0.2, 0.25) is 0 Å². The van der Waals surface area contributed by atoms with Crippen LogP contribution >= 0.6 is 0 Å². The number of pyridine rings is 1. The summed E-state index contributed by atoms with van der Waals surface area (Å²) in [6, 6.07) is 12.2. The van der Waals surface area contributed by atoms with E-state index in [1.54, 1.807) is 55.0 Å². The van der Waals surface area contributed by atoms with E-state index >= 15 is 0 Å². The Bertz CT molecular complexity index is 1470. The van der Waals surface area contributed by atoms with Crippen LogP contribution in [-0.2, 0) is 10.0 Å². The van der Waals surface area contributed by atoms with Crippen molar-refractivity contribution in [1.82, 2.24) is 18.9 Å². The third kappa shape index (κ3) is 4.27. The molecule has 0 radical (unpaired) electrons. The Morgan fingerprint density at radius 3 is 2.55 bits per heavy atom. The van der Waals surface area contributed by atoms with Gasteiger partial charge in [-0.2, -0.15) is 0 Å². The summed E-state index contributed by atoms with van der Waals surface area (Å²) >= 11 is 0. The highest BCUT2D eigenvalue weighted by molar-refractivity contribution is 7.90. The van der Waals surface area contributed by atoms with Crippen LogP contribution in [0.15, 0.2) is 66.0 Å². The summed E-state index contributed by atoms with van der Waals surface area (Å²) in [5.41, 5.74) is 2.65. The molecule has 6 nitrogen and oxygen atoms in total. The molecule has 0 unspecified atom stereocenters. The number of nitrogens with zero attached hydrogens (tertiary/aromatic N) is 4. The van der Waals surface area contributed by atoms with E-state index in [0.717, 1.165) is 18.4 Å². The second kappa shape index (κ2) is 8.80. The largest absolute Gasteiger partial charge is 0.269 e. The van der Waals surface area contributed by atoms with Crippen LogP contribution < -0.4 is 0 Å². The van der Waals surface area contributed by atoms with Gasteiger partial charge in [0, 0.05) is 35.5 Å². The van der Waals surface area contributed by atoms with Crippen molar-refractivity contribution in [2.45, 2.75) is 43.9 Å². The number of aromatic nitrogens is 4. The van der Waals surface area contributed by atoms with E-state index in [1.165, 1.54) is 23.2 Å². The molecule has 1 fully saturated rings. The number of hydrogen-bond acceptors (Lipinski definition) is 5. The van der Waals surface area contributed by atoms with Crippen molar-refractivity contribution < 1.29 is 8.42 Å². The fourth-order valence-electron chi connectivity index (χ4n) is 4.22. The van der Waals surface area contributed by atoms with Crippen molar-refractivity contribution in [2.24, 2.45) is 5.92 Å². The maximum absolute atomic E-state index is 13.4. The molecule has 3 aromatic heterocycles. The average molecular weight is 457 g/mol. The molecule has 7 heteroatoms. The second-order valence-electron chi connectivity index (χ2n) is 8.40. The fourth-order valence-corrected chi connectivity index (χ4v) is 5.55. The van der Waals surface area contributed by atoms with Gasteiger partial charge in [0.15, 0.2) is 5.65 Å². The summed E-state index contributed by atoms with van der Waals surface area (Å²) in [7, 11) is -3.82. The van der Waals surface area contributed by atoms with E-state index in [0.29, 0.717) is 34.0 Å². The van der Waals surface area contributed by atoms with Crippen LogP contribution in [0.4, 0.5) is 0 Å². The minimum Gasteiger partial charge on any atom is -0.237 e. The Kier molecular flexibility index (Phi) is 5.69. The summed E-state index contributed by atoms with van der Waals surface area (Å²) in [4.78, 5) is 13.5. The van der Waals surface area contributed by atoms with Gasteiger partial charge in [0.1, 0.15) is 0 Å². The van der Waals surface area contributed by atoms with Gasteiger partial charge in [-0.1, -0.05) is 42.9 Å². The number of rotatable bonds is 3. The third-order valence-corrected chi connectivity index (χ3v) is 7.70. The first kappa shape index (κ1) is 21.4. The zero-order valence-electron chi connectivity index (χ0n) is 18.4. The average Bonchev–Trinajstić information content (AvgIpc) is 3.25. The van der Waals surface area contributed by atoms with Crippen LogP contribution in [0.5, 0.6) is 0 Å². The molecule has 0 atom stereocenters. The lowest BCUT2D eigenvalue weighted by Crippen LogP contribution is -2.12. The highest BCUT2D eigenvalue weighted by Gasteiger charge is 2.23. The molecule has 1 saturated carbocycles. The summed E-state index contributed by atoms with van der Waals surface area (Å²) in [5.74, 6) is 7.30. The monoisotopic (exact) mass is 456 g/mol. The highest BCUT2D eigenvalue weighted by atomic mass is 32.2. The van der Waals surface area contributed by atoms with E-state index in [2.05, 4.69) is 26.8 Å². The van der Waals surface area contributed by atoms with Gasteiger partial charge in [-0.3, -0.25) is 0 Å². The zero-order valence-corrected chi connectivity index (χ0v) is 19.2. The van der Waals surface area contributed by atoms with Crippen molar-refractivity contribution >= 4 is 21.1 Å². The van der Waals surface area contributed by atoms with Crippen molar-refractivity contribution in [3.63, 3.8) is 0 Å². The molecule has 1 aliphatic carbocycles. The Morgan fingerprint density at radius 2 is 1.76 bits per heavy atom. The molecule has 0 bridgehead atoms. The normalized spacial score (nSPS) is 14.7. The standard InChI is InChI=1S/C26H24N4O2S/c1-19-9-12-21(13-10-19)33(31,32)30-18-23(22-8-5-16-28-26(22)30)24-15-17-27-25(29-24)14-11-20-6-3-2-4-7-20/h5,8-10,12-13,15-18,20H,2-4,6-7H2,1H3. The SMILES string of the molecule is Cc1ccc(S(=O)(=O)n2cc(-c3ccnc(C#CC4CCCCC4)n3)c3cccnc32)cc1. The van der Waals surface area contributed by atoms with Gasteiger partial charge < -0.3 is 0 Å². The van der Waals surface area contributed by atoms with E-state index < -0.39 is 10.0 Å². The third-order valence-electron chi connectivity index (χ3n) is 6.03. The summed E-state index contributed by atoms with van der Waals surface area (Å²) in [6.45, 7) is 1.92. The number of benzene rings is 1. The van der Waals surface area contributed by atoms with E-state index in [9.17, 15) is 8.42 Å². The first-order valence-corrected chi connectivity index (χ1v) is 12.6. The molecular formula is C26H24N4O2S. The van der Waals surface area contributed by atoms with Crippen molar-refractivity contribution in [2.75, 3.05) is 0 Å². The molecule has 4 aromatic rings. The minimum atomic E-state index is -3.82. The highest BCUT2D eigenvalue weighted by Crippen LogP contribution is 2.31. The Labute approximate surface area is 193 Å². The van der Waals surface area contributed by atoms with Gasteiger partial charge in [0.05, 0.1) is 10.6 Å². The number of hydrogen-bond donors (Lipinski definition) is 0. The van der Waals surface area contributed by atoms with Gasteiger partial charge in [0.25, 0.3) is 10.0 Å². The predicted octanol–water partition coefficient (Wildman–Crippen LogP) is 4.97. The van der Waals surface area contributed by atoms with E-state index in [4.69, 9.17) is 0 Å². The maximum atomic E-state index is 13.4. The predicted molar refractivity (Wildman–Crippen MR) is 128 cm³/mol. The Balaban J connectivity index is 1.58. The zero-order chi connectivity index (χ0) is 22.8. The van der Waals surface area contributed by atoms with E-state index in [1.807, 2.05) is 13.0 Å². The molecule has 0 N–H and O–H groups in total. The Hall–Kier alpha value is -3.50. The molecule has 33 heavy (non-hydrogen) atoms. The molecule has 3 heterocycles. The molecular weight excluding hydrogens is 432 g/mol. The molecule has 0 saturated heterocycles. The lowest BCUT2D eigenvalue weighted by molar-refractivity contribution is 0.430. The van der Waals surface area contributed by atoms with E-state index in [-0.39, 0.29) is 4.90 Å². The Morgan fingerprint density at radius 1 is 0.970 bits per heavy atom. The van der Waals surface area contributed by atoms with Crippen LogP contribution in [0.1, 0.15) is 43.5 Å². The second-order valence-corrected chi connectivity index (χ2v) is 10.2. The van der Waals surface area contributed by atoms with Gasteiger partial charge in [-0.15, -0.1) is 0 Å². The first-order valence-electron chi connectivity index (χ1n) is 11.2. The minimum absolute atomic E-state index is 0.212. The number of fused-ring (bicyclic) bond motifs is 1. The lowest BCUT2D eigenvalue weighted by Gasteiger charge is -2.15. The molecule has 0 spiro atoms. The van der Waals surface area contributed by atoms with Crippen LogP contribution in [0.3, 0.4) is 0 Å². The maximum Gasteiger partial charge on any atom is 0.269 e. The lowest BCUT2D eigenvalue weighted by atomic mass is 9.90.